The number of allylic oxidation sites excluding steroid dienone is 1. The van der Waals surface area contributed by atoms with E-state index < -0.39 is 21.2 Å². The Morgan fingerprint density at radius 3 is 2.82 bits per heavy atom. The highest BCUT2D eigenvalue weighted by Gasteiger charge is 2.45. The zero-order valence-electron chi connectivity index (χ0n) is 27.9. The van der Waals surface area contributed by atoms with E-state index in [1.807, 2.05) is 25.2 Å². The van der Waals surface area contributed by atoms with Crippen molar-refractivity contribution in [1.29, 1.82) is 0 Å². The van der Waals surface area contributed by atoms with Gasteiger partial charge in [0.1, 0.15) is 18.7 Å². The summed E-state index contributed by atoms with van der Waals surface area (Å²) in [5.74, 6) is 1.30. The van der Waals surface area contributed by atoms with Gasteiger partial charge < -0.3 is 14.4 Å². The van der Waals surface area contributed by atoms with Crippen molar-refractivity contribution in [3.05, 3.63) is 82.4 Å². The van der Waals surface area contributed by atoms with Crippen LogP contribution < -0.4 is 14.4 Å². The molecule has 12 heteroatoms. The molecule has 2 fully saturated rings. The average molecular weight is 706 g/mol. The third kappa shape index (κ3) is 6.38. The first-order valence-corrected chi connectivity index (χ1v) is 19.6. The van der Waals surface area contributed by atoms with E-state index in [1.165, 1.54) is 11.1 Å². The second kappa shape index (κ2) is 13.0. The number of aryl methyl sites for hydroxylation is 2. The Bertz CT molecular complexity index is 1880. The van der Waals surface area contributed by atoms with Crippen LogP contribution in [0.4, 0.5) is 5.69 Å². The highest BCUT2D eigenvalue weighted by atomic mass is 35.5. The number of halogens is 1. The van der Waals surface area contributed by atoms with E-state index in [-0.39, 0.29) is 23.4 Å². The Morgan fingerprint density at radius 1 is 1.10 bits per heavy atom. The van der Waals surface area contributed by atoms with Gasteiger partial charge in [-0.3, -0.25) is 9.48 Å². The largest absolute Gasteiger partial charge is 0.490 e. The molecule has 1 spiro atoms. The van der Waals surface area contributed by atoms with Crippen molar-refractivity contribution >= 4 is 33.2 Å². The third-order valence-corrected chi connectivity index (χ3v) is 13.8. The van der Waals surface area contributed by atoms with Crippen LogP contribution >= 0.6 is 11.6 Å². The number of benzene rings is 2. The van der Waals surface area contributed by atoms with Gasteiger partial charge >= 0.3 is 0 Å². The second-order valence-corrected chi connectivity index (χ2v) is 17.1. The maximum atomic E-state index is 13.7. The first-order valence-electron chi connectivity index (χ1n) is 17.7. The fourth-order valence-corrected chi connectivity index (χ4v) is 11.0. The van der Waals surface area contributed by atoms with Crippen molar-refractivity contribution in [3.63, 3.8) is 0 Å². The molecule has 3 aliphatic carbocycles. The number of rotatable bonds is 3. The third-order valence-electron chi connectivity index (χ3n) is 11.7. The SMILES string of the molecule is Cn1cnc(CO[C@H]2/C=C/C[C@@H]3CCC[C@H]3S(=O)(=O)NC(=O)c3ccc4c(c3)N(C[C@@H]3CC[C@H]32)C[C@@]2(CCCc3cc(Cl)ccc32)CO4)n1. The number of hydrogen-bond donors (Lipinski definition) is 1. The maximum Gasteiger partial charge on any atom is 0.264 e. The Morgan fingerprint density at radius 2 is 2.00 bits per heavy atom. The van der Waals surface area contributed by atoms with Crippen molar-refractivity contribution in [2.24, 2.45) is 24.8 Å². The molecule has 2 bridgehead atoms. The molecule has 2 saturated carbocycles. The molecule has 2 aromatic carbocycles. The minimum absolute atomic E-state index is 0.0647. The van der Waals surface area contributed by atoms with Gasteiger partial charge in [-0.25, -0.2) is 18.1 Å². The molecule has 1 amide bonds. The van der Waals surface area contributed by atoms with Gasteiger partial charge in [-0.1, -0.05) is 36.2 Å². The number of aromatic nitrogens is 3. The molecule has 3 heterocycles. The molecular weight excluding hydrogens is 662 g/mol. The molecule has 49 heavy (non-hydrogen) atoms. The van der Waals surface area contributed by atoms with E-state index in [4.69, 9.17) is 21.1 Å². The van der Waals surface area contributed by atoms with Crippen LogP contribution in [0.5, 0.6) is 5.75 Å². The summed E-state index contributed by atoms with van der Waals surface area (Å²) in [4.78, 5) is 20.4. The van der Waals surface area contributed by atoms with Crippen LogP contribution in [0.2, 0.25) is 5.02 Å². The first-order chi connectivity index (χ1) is 23.7. The molecule has 8 rings (SSSR count). The summed E-state index contributed by atoms with van der Waals surface area (Å²) in [7, 11) is -2.04. The van der Waals surface area contributed by atoms with Crippen LogP contribution in [0, 0.1) is 17.8 Å². The minimum atomic E-state index is -3.89. The van der Waals surface area contributed by atoms with Crippen LogP contribution in [0.3, 0.4) is 0 Å². The van der Waals surface area contributed by atoms with Gasteiger partial charge in [-0.15, -0.1) is 0 Å². The summed E-state index contributed by atoms with van der Waals surface area (Å²) in [6.07, 6.45) is 13.6. The molecule has 0 saturated heterocycles. The van der Waals surface area contributed by atoms with Gasteiger partial charge in [0, 0.05) is 36.1 Å². The first kappa shape index (κ1) is 32.8. The lowest BCUT2D eigenvalue weighted by molar-refractivity contribution is -0.0249. The van der Waals surface area contributed by atoms with E-state index in [2.05, 4.69) is 44.0 Å². The zero-order chi connectivity index (χ0) is 33.8. The predicted molar refractivity (Wildman–Crippen MR) is 187 cm³/mol. The zero-order valence-corrected chi connectivity index (χ0v) is 29.5. The van der Waals surface area contributed by atoms with Gasteiger partial charge in [0.2, 0.25) is 10.0 Å². The van der Waals surface area contributed by atoms with Crippen molar-refractivity contribution < 1.29 is 22.7 Å². The Kier molecular flexibility index (Phi) is 8.73. The number of sulfonamides is 1. The Hall–Kier alpha value is -3.41. The molecule has 0 unspecified atom stereocenters. The normalized spacial score (nSPS) is 31.3. The van der Waals surface area contributed by atoms with E-state index in [0.29, 0.717) is 55.7 Å². The van der Waals surface area contributed by atoms with Crippen LogP contribution in [-0.2, 0) is 40.3 Å². The number of fused-ring (bicyclic) bond motifs is 5. The molecule has 5 aliphatic rings. The summed E-state index contributed by atoms with van der Waals surface area (Å²) in [5.41, 5.74) is 3.42. The van der Waals surface area contributed by atoms with Gasteiger partial charge in [-0.05, 0) is 111 Å². The fourth-order valence-electron chi connectivity index (χ4n) is 9.07. The Labute approximate surface area is 293 Å². The lowest BCUT2D eigenvalue weighted by Gasteiger charge is -2.46. The van der Waals surface area contributed by atoms with Gasteiger partial charge in [0.05, 0.1) is 23.6 Å². The van der Waals surface area contributed by atoms with E-state index in [0.717, 1.165) is 62.2 Å². The number of amides is 1. The van der Waals surface area contributed by atoms with Crippen molar-refractivity contribution in [2.45, 2.75) is 81.2 Å². The average Bonchev–Trinajstić information content (AvgIpc) is 3.69. The monoisotopic (exact) mass is 705 g/mol. The molecule has 3 aromatic rings. The van der Waals surface area contributed by atoms with Gasteiger partial charge in [-0.2, -0.15) is 5.10 Å². The maximum absolute atomic E-state index is 13.7. The lowest BCUT2D eigenvalue weighted by Crippen LogP contribution is -2.49. The summed E-state index contributed by atoms with van der Waals surface area (Å²) in [6.45, 7) is 2.28. The Balaban J connectivity index is 1.18. The highest BCUT2D eigenvalue weighted by Crippen LogP contribution is 2.47. The standard InChI is InChI=1S/C37H44ClN5O5S/c1-42-23-39-35(40-42)20-47-32-8-2-5-24-6-3-9-34(24)49(45,46)41-36(44)26-11-15-33-31(18-26)43(19-27-10-13-29(27)32)21-37(22-48-33)16-4-7-25-17-28(38)12-14-30(25)37/h2,8,11-12,14-15,17-18,23-24,27,29,32,34H,3-7,9-10,13,16,19-22H2,1H3,(H,41,44)/b8-2+/t24-,27+,29-,32+,34-,37+/m1/s1. The van der Waals surface area contributed by atoms with Gasteiger partial charge in [0.25, 0.3) is 5.91 Å². The lowest BCUT2D eigenvalue weighted by atomic mass is 9.68. The predicted octanol–water partition coefficient (Wildman–Crippen LogP) is 5.74. The van der Waals surface area contributed by atoms with Gasteiger partial charge in [0.15, 0.2) is 5.82 Å². The van der Waals surface area contributed by atoms with Crippen molar-refractivity contribution in [3.8, 4) is 5.75 Å². The van der Waals surface area contributed by atoms with Crippen LogP contribution in [0.25, 0.3) is 0 Å². The fraction of sp³-hybridized carbons (Fsp3) is 0.541. The molecule has 1 aromatic heterocycles. The van der Waals surface area contributed by atoms with Crippen LogP contribution in [-0.4, -0.2) is 60.1 Å². The van der Waals surface area contributed by atoms with Crippen LogP contribution in [0.1, 0.15) is 78.7 Å². The van der Waals surface area contributed by atoms with E-state index in [9.17, 15) is 13.2 Å². The number of carbonyl (C=O) groups is 1. The van der Waals surface area contributed by atoms with Crippen molar-refractivity contribution in [1.82, 2.24) is 19.5 Å². The highest BCUT2D eigenvalue weighted by molar-refractivity contribution is 7.90. The molecule has 0 radical (unpaired) electrons. The molecule has 1 N–H and O–H groups in total. The number of carbonyl (C=O) groups excluding carboxylic acids is 1. The minimum Gasteiger partial charge on any atom is -0.490 e. The number of nitrogens with one attached hydrogen (secondary N) is 1. The quantitative estimate of drug-likeness (QED) is 0.343. The topological polar surface area (TPSA) is 116 Å². The van der Waals surface area contributed by atoms with Crippen molar-refractivity contribution in [2.75, 3.05) is 24.6 Å². The smallest absolute Gasteiger partial charge is 0.264 e. The molecule has 2 aliphatic heterocycles. The summed E-state index contributed by atoms with van der Waals surface area (Å²) in [5, 5.41) is 4.55. The number of nitrogens with zero attached hydrogens (tertiary/aromatic N) is 4. The summed E-state index contributed by atoms with van der Waals surface area (Å²) >= 11 is 6.46. The number of anilines is 1. The van der Waals surface area contributed by atoms with Crippen LogP contribution in [0.15, 0.2) is 54.9 Å². The molecular formula is C37H44ClN5O5S. The molecule has 6 atom stereocenters. The number of hydrogen-bond acceptors (Lipinski definition) is 8. The second-order valence-electron chi connectivity index (χ2n) is 14.8. The van der Waals surface area contributed by atoms with E-state index in [1.54, 1.807) is 17.1 Å². The number of ether oxygens (including phenoxy) is 2. The summed E-state index contributed by atoms with van der Waals surface area (Å²) in [6, 6.07) is 11.6. The van der Waals surface area contributed by atoms with E-state index >= 15 is 0 Å². The summed E-state index contributed by atoms with van der Waals surface area (Å²) < 4.78 is 44.7. The molecule has 260 valence electrons. The molecule has 10 nitrogen and oxygen atoms in total.